The zero-order valence-electron chi connectivity index (χ0n) is 37.9. The summed E-state index contributed by atoms with van der Waals surface area (Å²) in [5, 5.41) is 14.5. The fraction of sp³-hybridized carbons (Fsp3) is 0.659. The zero-order valence-corrected chi connectivity index (χ0v) is 40.4. The molecule has 4 aliphatic rings. The summed E-state index contributed by atoms with van der Waals surface area (Å²) >= 11 is 8.25. The van der Waals surface area contributed by atoms with Gasteiger partial charge in [-0.2, -0.15) is 11.8 Å². The Hall–Kier alpha value is -3.48. The van der Waals surface area contributed by atoms with E-state index >= 15 is 0 Å². The van der Waals surface area contributed by atoms with E-state index in [-0.39, 0.29) is 47.6 Å². The molecule has 2 N–H and O–H groups in total. The number of fused-ring (bicyclic) bond motifs is 6. The van der Waals surface area contributed by atoms with E-state index in [1.165, 1.54) is 49.8 Å². The Morgan fingerprint density at radius 1 is 1.15 bits per heavy atom. The number of amides is 3. The topological polar surface area (TPSA) is 187 Å². The number of esters is 1. The number of ketones is 1. The van der Waals surface area contributed by atoms with Gasteiger partial charge in [0.25, 0.3) is 0 Å². The Morgan fingerprint density at radius 2 is 1.82 bits per heavy atom. The number of benzene rings is 1. The number of nitrogens with one attached hydrogen (secondary N) is 1. The summed E-state index contributed by atoms with van der Waals surface area (Å²) in [5.41, 5.74) is -2.28. The van der Waals surface area contributed by atoms with Gasteiger partial charge in [0.05, 0.1) is 25.0 Å². The summed E-state index contributed by atoms with van der Waals surface area (Å²) in [4.78, 5) is 69.6. The second-order valence-electron chi connectivity index (χ2n) is 17.8. The number of thiol groups is 1. The second-order valence-corrected chi connectivity index (χ2v) is 23.2. The molecule has 3 amide bonds. The van der Waals surface area contributed by atoms with E-state index in [2.05, 4.69) is 5.32 Å². The van der Waals surface area contributed by atoms with Crippen molar-refractivity contribution in [2.45, 2.75) is 133 Å². The Labute approximate surface area is 376 Å². The van der Waals surface area contributed by atoms with Gasteiger partial charge >= 0.3 is 12.1 Å². The molecule has 62 heavy (non-hydrogen) atoms. The number of hydrogen-bond acceptors (Lipinski definition) is 13. The van der Waals surface area contributed by atoms with Crippen LogP contribution in [0.3, 0.4) is 0 Å². The van der Waals surface area contributed by atoms with Crippen molar-refractivity contribution in [2.75, 3.05) is 57.2 Å². The number of likely N-dealkylation sites (N-methyl/N-ethyl adjacent to an activating group) is 1. The van der Waals surface area contributed by atoms with Gasteiger partial charge in [-0.15, -0.1) is 9.93 Å². The van der Waals surface area contributed by atoms with E-state index in [0.29, 0.717) is 48.6 Å². The summed E-state index contributed by atoms with van der Waals surface area (Å²) in [6.07, 6.45) is 6.29. The first-order valence-electron chi connectivity index (χ1n) is 20.9. The lowest BCUT2D eigenvalue weighted by atomic mass is 9.72. The molecule has 0 saturated carbocycles. The molecule has 0 radical (unpaired) electrons. The minimum Gasteiger partial charge on any atom is -0.495 e. The number of carbonyl (C=O) groups excluding carboxylic acids is 5. The van der Waals surface area contributed by atoms with Gasteiger partial charge in [-0.3, -0.25) is 23.9 Å². The normalized spacial score (nSPS) is 29.4. The van der Waals surface area contributed by atoms with Gasteiger partial charge in [0.2, 0.25) is 11.8 Å². The van der Waals surface area contributed by atoms with Gasteiger partial charge in [-0.05, 0) is 77.2 Å². The molecule has 2 fully saturated rings. The standard InChI is InChI=1S/C44H66ClN3O12S2/c1-27-14-12-16-34(57-9)44(54)24-36(59-41(53)46-44)43(5)26-42(4,60-43)35(23-38(51)48(7)32-21-30(20-27)22-33(56-8)39(32)45)58-40(52)29(3)47(6)37(50)18-17-28(2)61-25-31(49)15-13-19-62(10,11)55/h12,14,16,21-22,28-29,34-36,54,62H,13,15,17-20,23-26H2,1-11H3,(H,46,53)/b16-12+,27-14+/t28?,29-,34+,35-,36-,42+,43?,44-/m0/s1. The number of allylic oxidation sites excluding steroid dienone is 3. The first kappa shape index (κ1) is 51.2. The minimum atomic E-state index is -2.17. The van der Waals surface area contributed by atoms with Crippen molar-refractivity contribution in [3.63, 3.8) is 0 Å². The molecule has 0 spiro atoms. The molecule has 5 rings (SSSR count). The number of carbonyl (C=O) groups is 5. The van der Waals surface area contributed by atoms with Crippen molar-refractivity contribution in [2.24, 2.45) is 0 Å². The van der Waals surface area contributed by atoms with Crippen LogP contribution in [0.1, 0.15) is 85.1 Å². The maximum atomic E-state index is 14.3. The fourth-order valence-corrected chi connectivity index (χ4v) is 10.2. The Morgan fingerprint density at radius 3 is 2.45 bits per heavy atom. The molecule has 1 aromatic rings. The lowest BCUT2D eigenvalue weighted by Crippen LogP contribution is -2.72. The van der Waals surface area contributed by atoms with Gasteiger partial charge in [0.15, 0.2) is 5.72 Å². The fourth-order valence-electron chi connectivity index (χ4n) is 8.06. The Balaban J connectivity index is 1.57. The van der Waals surface area contributed by atoms with Gasteiger partial charge in [-0.25, -0.2) is 9.59 Å². The molecule has 0 aliphatic carbocycles. The van der Waals surface area contributed by atoms with Crippen LogP contribution < -0.4 is 15.0 Å². The number of rotatable bonds is 15. The molecule has 2 saturated heterocycles. The predicted octanol–water partition coefficient (Wildman–Crippen LogP) is 5.19. The van der Waals surface area contributed by atoms with Crippen molar-refractivity contribution >= 4 is 68.6 Å². The molecule has 6 bridgehead atoms. The molecule has 8 atom stereocenters. The molecule has 15 nitrogen and oxygen atoms in total. The van der Waals surface area contributed by atoms with Crippen LogP contribution in [0.25, 0.3) is 0 Å². The number of aliphatic hydroxyl groups is 1. The number of methoxy groups -OCH3 is 2. The highest BCUT2D eigenvalue weighted by atomic mass is 35.5. The minimum absolute atomic E-state index is 0.00611. The van der Waals surface area contributed by atoms with Crippen LogP contribution in [-0.4, -0.2) is 143 Å². The smallest absolute Gasteiger partial charge is 0.409 e. The number of halogens is 1. The van der Waals surface area contributed by atoms with E-state index in [9.17, 15) is 33.3 Å². The maximum Gasteiger partial charge on any atom is 0.409 e. The quantitative estimate of drug-likeness (QED) is 0.154. The van der Waals surface area contributed by atoms with Gasteiger partial charge in [0, 0.05) is 57.9 Å². The van der Waals surface area contributed by atoms with E-state index < -0.39 is 69.2 Å². The summed E-state index contributed by atoms with van der Waals surface area (Å²) in [6, 6.07) is 2.52. The highest BCUT2D eigenvalue weighted by Crippen LogP contribution is 2.50. The number of nitrogens with zero attached hydrogens (tertiary/aromatic N) is 2. The number of Topliss-reactive ketones (excluding diaryl/α,β-unsaturated/α-hetero) is 1. The highest BCUT2D eigenvalue weighted by Gasteiger charge is 2.63. The van der Waals surface area contributed by atoms with Crippen LogP contribution in [0.4, 0.5) is 10.5 Å². The van der Waals surface area contributed by atoms with Gasteiger partial charge in [-0.1, -0.05) is 42.3 Å². The van der Waals surface area contributed by atoms with Gasteiger partial charge in [0.1, 0.15) is 52.1 Å². The summed E-state index contributed by atoms with van der Waals surface area (Å²) in [7, 11) is 3.80. The largest absolute Gasteiger partial charge is 0.495 e. The van der Waals surface area contributed by atoms with E-state index in [0.717, 1.165) is 11.1 Å². The molecule has 348 valence electrons. The molecule has 2 unspecified atom stereocenters. The third-order valence-corrected chi connectivity index (χ3v) is 15.0. The third-order valence-electron chi connectivity index (χ3n) is 11.9. The van der Waals surface area contributed by atoms with Crippen LogP contribution in [0.5, 0.6) is 5.75 Å². The number of ether oxygens (including phenoxy) is 5. The first-order chi connectivity index (χ1) is 28.8. The van der Waals surface area contributed by atoms with Crippen LogP contribution in [-0.2, 0) is 54.5 Å². The highest BCUT2D eigenvalue weighted by molar-refractivity contribution is 8.01. The van der Waals surface area contributed by atoms with Crippen LogP contribution in [0.2, 0.25) is 5.02 Å². The summed E-state index contributed by atoms with van der Waals surface area (Å²) in [6.45, 7) is 8.80. The zero-order chi connectivity index (χ0) is 46.4. The van der Waals surface area contributed by atoms with Crippen LogP contribution in [0, 0.1) is 0 Å². The molecule has 0 aromatic heterocycles. The van der Waals surface area contributed by atoms with E-state index in [1.54, 1.807) is 57.7 Å². The van der Waals surface area contributed by atoms with Gasteiger partial charge < -0.3 is 38.6 Å². The molecule has 4 aliphatic heterocycles. The van der Waals surface area contributed by atoms with Crippen molar-refractivity contribution in [1.82, 2.24) is 10.2 Å². The molecule has 18 heteroatoms. The van der Waals surface area contributed by atoms with Crippen LogP contribution in [0.15, 0.2) is 35.9 Å². The maximum absolute atomic E-state index is 14.3. The number of hydrogen-bond donors (Lipinski definition) is 3. The van der Waals surface area contributed by atoms with E-state index in [4.69, 9.17) is 35.3 Å². The molecule has 1 aromatic carbocycles. The van der Waals surface area contributed by atoms with Crippen LogP contribution >= 0.6 is 23.4 Å². The molecular formula is C44H66ClN3O12S2. The summed E-state index contributed by atoms with van der Waals surface area (Å²) in [5.74, 6) is -0.266. The van der Waals surface area contributed by atoms with Crippen molar-refractivity contribution in [3.8, 4) is 5.75 Å². The van der Waals surface area contributed by atoms with Crippen molar-refractivity contribution < 1.29 is 57.0 Å². The number of anilines is 1. The van der Waals surface area contributed by atoms with Crippen molar-refractivity contribution in [3.05, 3.63) is 46.5 Å². The summed E-state index contributed by atoms with van der Waals surface area (Å²) < 4.78 is 41.6. The Kier molecular flexibility index (Phi) is 17.3. The lowest BCUT2D eigenvalue weighted by Gasteiger charge is -2.59. The predicted molar refractivity (Wildman–Crippen MR) is 243 cm³/mol. The average molecular weight is 929 g/mol. The SMILES string of the molecule is COc1cc2cc(c1Cl)N(C)C(=O)C[C@H](OC(=O)[C@H](C)N(C)C(=O)CCC(C)SCC(=O)CCC[SH](C)(C)=O)[C@@]1(C)CC(C)(O1)[C@@H]1C[C@@](O)(NC(=O)O1)[C@H](OC)/C=C/C=C(\C)C2. The molecular weight excluding hydrogens is 862 g/mol. The number of alkyl carbamates (subject to hydrolysis) is 1. The Bertz CT molecular complexity index is 1950. The monoisotopic (exact) mass is 927 g/mol. The molecule has 4 heterocycles. The lowest BCUT2D eigenvalue weighted by molar-refractivity contribution is -0.328. The second kappa shape index (κ2) is 21.0. The van der Waals surface area contributed by atoms with E-state index in [1.807, 2.05) is 19.9 Å². The first-order valence-corrected chi connectivity index (χ1v) is 25.1. The number of thioether (sulfide) groups is 1. The third kappa shape index (κ3) is 13.1. The van der Waals surface area contributed by atoms with Crippen molar-refractivity contribution in [1.29, 1.82) is 0 Å². The average Bonchev–Trinajstić information content (AvgIpc) is 3.18.